The number of thioether (sulfide) groups is 1. The maximum absolute atomic E-state index is 6.09. The van der Waals surface area contributed by atoms with Gasteiger partial charge in [0.15, 0.2) is 0 Å². The van der Waals surface area contributed by atoms with E-state index in [4.69, 9.17) is 17.3 Å². The van der Waals surface area contributed by atoms with Crippen LogP contribution >= 0.6 is 23.4 Å². The molecule has 0 bridgehead atoms. The molecule has 1 rings (SSSR count). The Balaban J connectivity index is 2.58. The van der Waals surface area contributed by atoms with Crippen LogP contribution in [0.5, 0.6) is 0 Å². The second kappa shape index (κ2) is 5.05. The minimum atomic E-state index is 0.232. The Morgan fingerprint density at radius 1 is 1.64 bits per heavy atom. The maximum Gasteiger partial charge on any atom is 0.131 e. The molecule has 0 aromatic carbocycles. The summed E-state index contributed by atoms with van der Waals surface area (Å²) in [6.45, 7) is 3.98. The molecule has 0 spiro atoms. The number of hydrogen-bond donors (Lipinski definition) is 1. The van der Waals surface area contributed by atoms with E-state index in [1.54, 1.807) is 16.4 Å². The Labute approximate surface area is 94.0 Å². The van der Waals surface area contributed by atoms with Crippen LogP contribution in [0.3, 0.4) is 0 Å². The van der Waals surface area contributed by atoms with E-state index in [0.717, 1.165) is 27.9 Å². The van der Waals surface area contributed by atoms with Crippen molar-refractivity contribution in [2.24, 2.45) is 12.8 Å². The van der Waals surface area contributed by atoms with Crippen LogP contribution in [0.2, 0.25) is 5.15 Å². The van der Waals surface area contributed by atoms with Crippen LogP contribution in [0.4, 0.5) is 0 Å². The SMILES string of the molecule is Cc1nn(C)c(Cl)c1CSCC(C)N. The molecule has 2 N–H and O–H groups in total. The highest BCUT2D eigenvalue weighted by Crippen LogP contribution is 2.23. The van der Waals surface area contributed by atoms with Gasteiger partial charge in [0.25, 0.3) is 0 Å². The summed E-state index contributed by atoms with van der Waals surface area (Å²) in [6.07, 6.45) is 0. The smallest absolute Gasteiger partial charge is 0.131 e. The average molecular weight is 234 g/mol. The molecule has 1 unspecified atom stereocenters. The third kappa shape index (κ3) is 2.90. The molecule has 5 heteroatoms. The molecule has 0 aliphatic heterocycles. The van der Waals surface area contributed by atoms with Gasteiger partial charge in [0.05, 0.1) is 5.69 Å². The number of aryl methyl sites for hydroxylation is 2. The highest BCUT2D eigenvalue weighted by molar-refractivity contribution is 7.98. The summed E-state index contributed by atoms with van der Waals surface area (Å²) in [5.41, 5.74) is 7.80. The Hall–Kier alpha value is -0.190. The molecule has 0 fully saturated rings. The van der Waals surface area contributed by atoms with Gasteiger partial charge >= 0.3 is 0 Å². The van der Waals surface area contributed by atoms with Crippen molar-refractivity contribution in [3.63, 3.8) is 0 Å². The lowest BCUT2D eigenvalue weighted by atomic mass is 10.3. The molecule has 0 saturated heterocycles. The molecular weight excluding hydrogens is 218 g/mol. The first-order chi connectivity index (χ1) is 6.52. The van der Waals surface area contributed by atoms with Crippen LogP contribution < -0.4 is 5.73 Å². The van der Waals surface area contributed by atoms with Crippen molar-refractivity contribution in [3.05, 3.63) is 16.4 Å². The third-order valence-electron chi connectivity index (χ3n) is 1.90. The molecular formula is C9H16ClN3S. The minimum Gasteiger partial charge on any atom is -0.327 e. The van der Waals surface area contributed by atoms with Gasteiger partial charge in [0.1, 0.15) is 5.15 Å². The van der Waals surface area contributed by atoms with E-state index in [0.29, 0.717) is 0 Å². The first-order valence-corrected chi connectivity index (χ1v) is 6.07. The maximum atomic E-state index is 6.09. The van der Waals surface area contributed by atoms with E-state index < -0.39 is 0 Å². The zero-order valence-electron chi connectivity index (χ0n) is 8.75. The molecule has 1 aromatic heterocycles. The molecule has 3 nitrogen and oxygen atoms in total. The molecule has 0 aliphatic rings. The quantitative estimate of drug-likeness (QED) is 0.865. The Bertz CT molecular complexity index is 309. The van der Waals surface area contributed by atoms with Gasteiger partial charge in [-0.15, -0.1) is 0 Å². The van der Waals surface area contributed by atoms with Crippen molar-refractivity contribution >= 4 is 23.4 Å². The minimum absolute atomic E-state index is 0.232. The van der Waals surface area contributed by atoms with E-state index in [1.165, 1.54) is 0 Å². The van der Waals surface area contributed by atoms with Crippen molar-refractivity contribution < 1.29 is 0 Å². The van der Waals surface area contributed by atoms with Gasteiger partial charge in [-0.1, -0.05) is 11.6 Å². The van der Waals surface area contributed by atoms with Crippen molar-refractivity contribution in [3.8, 4) is 0 Å². The lowest BCUT2D eigenvalue weighted by Gasteiger charge is -2.04. The summed E-state index contributed by atoms with van der Waals surface area (Å²) in [7, 11) is 1.86. The fourth-order valence-electron chi connectivity index (χ4n) is 1.18. The van der Waals surface area contributed by atoms with Crippen molar-refractivity contribution in [2.75, 3.05) is 5.75 Å². The fourth-order valence-corrected chi connectivity index (χ4v) is 2.54. The predicted molar refractivity (Wildman–Crippen MR) is 62.8 cm³/mol. The monoisotopic (exact) mass is 233 g/mol. The second-order valence-corrected chi connectivity index (χ2v) is 4.86. The average Bonchev–Trinajstić information content (AvgIpc) is 2.31. The van der Waals surface area contributed by atoms with Crippen molar-refractivity contribution in [2.45, 2.75) is 25.6 Å². The van der Waals surface area contributed by atoms with Gasteiger partial charge < -0.3 is 5.73 Å². The number of aromatic nitrogens is 2. The Morgan fingerprint density at radius 2 is 2.29 bits per heavy atom. The molecule has 0 radical (unpaired) electrons. The van der Waals surface area contributed by atoms with Crippen LogP contribution in [0.25, 0.3) is 0 Å². The first-order valence-electron chi connectivity index (χ1n) is 4.53. The summed E-state index contributed by atoms with van der Waals surface area (Å²) < 4.78 is 1.71. The summed E-state index contributed by atoms with van der Waals surface area (Å²) in [4.78, 5) is 0. The number of nitrogens with two attached hydrogens (primary N) is 1. The van der Waals surface area contributed by atoms with E-state index in [2.05, 4.69) is 5.10 Å². The number of halogens is 1. The molecule has 0 saturated carbocycles. The van der Waals surface area contributed by atoms with Gasteiger partial charge in [-0.25, -0.2) is 0 Å². The van der Waals surface area contributed by atoms with Gasteiger partial charge in [-0.05, 0) is 13.8 Å². The standard InChI is InChI=1S/C9H16ClN3S/c1-6(11)4-14-5-8-7(2)12-13(3)9(8)10/h6H,4-5,11H2,1-3H3. The lowest BCUT2D eigenvalue weighted by Crippen LogP contribution is -2.17. The van der Waals surface area contributed by atoms with Gasteiger partial charge in [0.2, 0.25) is 0 Å². The van der Waals surface area contributed by atoms with E-state index in [1.807, 2.05) is 20.9 Å². The molecule has 80 valence electrons. The number of hydrogen-bond acceptors (Lipinski definition) is 3. The molecule has 1 atom stereocenters. The fraction of sp³-hybridized carbons (Fsp3) is 0.667. The van der Waals surface area contributed by atoms with Gasteiger partial charge in [-0.2, -0.15) is 16.9 Å². The van der Waals surface area contributed by atoms with Gasteiger partial charge in [0, 0.05) is 30.2 Å². The van der Waals surface area contributed by atoms with Gasteiger partial charge in [-0.3, -0.25) is 4.68 Å². The largest absolute Gasteiger partial charge is 0.327 e. The summed E-state index contributed by atoms with van der Waals surface area (Å²) >= 11 is 7.88. The summed E-state index contributed by atoms with van der Waals surface area (Å²) in [5.74, 6) is 1.84. The lowest BCUT2D eigenvalue weighted by molar-refractivity contribution is 0.757. The van der Waals surface area contributed by atoms with Crippen LogP contribution in [0.1, 0.15) is 18.2 Å². The Kier molecular flexibility index (Phi) is 4.29. The summed E-state index contributed by atoms with van der Waals surface area (Å²) in [6, 6.07) is 0.232. The second-order valence-electron chi connectivity index (χ2n) is 3.47. The molecule has 1 heterocycles. The Morgan fingerprint density at radius 3 is 2.71 bits per heavy atom. The normalized spacial score (nSPS) is 13.2. The molecule has 0 amide bonds. The van der Waals surface area contributed by atoms with Crippen LogP contribution in [-0.2, 0) is 12.8 Å². The zero-order chi connectivity index (χ0) is 10.7. The number of rotatable bonds is 4. The van der Waals surface area contributed by atoms with E-state index in [-0.39, 0.29) is 6.04 Å². The highest BCUT2D eigenvalue weighted by atomic mass is 35.5. The van der Waals surface area contributed by atoms with E-state index in [9.17, 15) is 0 Å². The van der Waals surface area contributed by atoms with Crippen LogP contribution in [0.15, 0.2) is 0 Å². The van der Waals surface area contributed by atoms with Crippen LogP contribution in [-0.4, -0.2) is 21.6 Å². The number of nitrogens with zero attached hydrogens (tertiary/aromatic N) is 2. The molecule has 0 aliphatic carbocycles. The topological polar surface area (TPSA) is 43.8 Å². The predicted octanol–water partition coefficient (Wildman–Crippen LogP) is 1.96. The van der Waals surface area contributed by atoms with Crippen molar-refractivity contribution in [1.82, 2.24) is 9.78 Å². The summed E-state index contributed by atoms with van der Waals surface area (Å²) in [5, 5.41) is 4.98. The van der Waals surface area contributed by atoms with Crippen molar-refractivity contribution in [1.29, 1.82) is 0 Å². The molecule has 1 aromatic rings. The molecule has 14 heavy (non-hydrogen) atoms. The van der Waals surface area contributed by atoms with Crippen LogP contribution in [0, 0.1) is 6.92 Å². The zero-order valence-corrected chi connectivity index (χ0v) is 10.3. The highest BCUT2D eigenvalue weighted by Gasteiger charge is 2.10. The third-order valence-corrected chi connectivity index (χ3v) is 3.62. The first kappa shape index (κ1) is 11.9. The van der Waals surface area contributed by atoms with E-state index >= 15 is 0 Å².